The first-order valence-electron chi connectivity index (χ1n) is 5.25. The van der Waals surface area contributed by atoms with Crippen LogP contribution >= 0.6 is 0 Å². The Kier molecular flexibility index (Phi) is 3.52. The summed E-state index contributed by atoms with van der Waals surface area (Å²) in [6, 6.07) is 3.53. The quantitative estimate of drug-likeness (QED) is 0.770. The number of pyridine rings is 1. The molecule has 0 unspecified atom stereocenters. The van der Waals surface area contributed by atoms with Crippen molar-refractivity contribution in [3.05, 3.63) is 30.1 Å². The van der Waals surface area contributed by atoms with Crippen LogP contribution in [-0.4, -0.2) is 32.5 Å². The highest BCUT2D eigenvalue weighted by Crippen LogP contribution is 2.05. The van der Waals surface area contributed by atoms with E-state index in [9.17, 15) is 8.42 Å². The summed E-state index contributed by atoms with van der Waals surface area (Å²) in [6.45, 7) is 1.59. The Morgan fingerprint density at radius 1 is 1.56 bits per heavy atom. The minimum absolute atomic E-state index is 0.00264. The standard InChI is InChI=1S/C10H15N3O2S/c14-16(15,13-10-3-5-12-7-10)8-9-2-1-4-11-6-9/h1-2,4,6,10,12-13H,3,5,7-8H2/t10-/m1/s1. The Morgan fingerprint density at radius 2 is 2.44 bits per heavy atom. The van der Waals surface area contributed by atoms with Crippen LogP contribution in [0.25, 0.3) is 0 Å². The average molecular weight is 241 g/mol. The van der Waals surface area contributed by atoms with E-state index in [4.69, 9.17) is 0 Å². The van der Waals surface area contributed by atoms with Crippen molar-refractivity contribution in [2.24, 2.45) is 0 Å². The fourth-order valence-corrected chi connectivity index (χ4v) is 3.16. The molecule has 0 aromatic carbocycles. The summed E-state index contributed by atoms with van der Waals surface area (Å²) in [4.78, 5) is 3.90. The van der Waals surface area contributed by atoms with Gasteiger partial charge in [0.1, 0.15) is 0 Å². The van der Waals surface area contributed by atoms with Gasteiger partial charge in [0, 0.05) is 25.0 Å². The lowest BCUT2D eigenvalue weighted by Crippen LogP contribution is -2.36. The van der Waals surface area contributed by atoms with Crippen molar-refractivity contribution in [3.63, 3.8) is 0 Å². The van der Waals surface area contributed by atoms with Gasteiger partial charge in [0.15, 0.2) is 0 Å². The number of nitrogens with zero attached hydrogens (tertiary/aromatic N) is 1. The Labute approximate surface area is 95.3 Å². The summed E-state index contributed by atoms with van der Waals surface area (Å²) in [5.74, 6) is -0.00264. The molecule has 1 saturated heterocycles. The third-order valence-electron chi connectivity index (χ3n) is 2.49. The van der Waals surface area contributed by atoms with Gasteiger partial charge in [-0.05, 0) is 24.6 Å². The van der Waals surface area contributed by atoms with Crippen molar-refractivity contribution >= 4 is 10.0 Å². The summed E-state index contributed by atoms with van der Waals surface area (Å²) >= 11 is 0. The Morgan fingerprint density at radius 3 is 3.06 bits per heavy atom. The van der Waals surface area contributed by atoms with Crippen LogP contribution in [0.4, 0.5) is 0 Å². The predicted molar refractivity (Wildman–Crippen MR) is 61.3 cm³/mol. The minimum atomic E-state index is -3.25. The van der Waals surface area contributed by atoms with E-state index in [1.165, 1.54) is 0 Å². The second kappa shape index (κ2) is 4.90. The molecule has 0 aliphatic carbocycles. The van der Waals surface area contributed by atoms with Gasteiger partial charge in [-0.15, -0.1) is 0 Å². The van der Waals surface area contributed by atoms with Gasteiger partial charge in [-0.3, -0.25) is 4.98 Å². The normalized spacial score (nSPS) is 21.1. The van der Waals surface area contributed by atoms with Crippen molar-refractivity contribution in [1.82, 2.24) is 15.0 Å². The zero-order chi connectivity index (χ0) is 11.4. The average Bonchev–Trinajstić information content (AvgIpc) is 2.70. The summed E-state index contributed by atoms with van der Waals surface area (Å²) in [5, 5.41) is 3.12. The number of sulfonamides is 1. The molecule has 88 valence electrons. The highest BCUT2D eigenvalue weighted by Gasteiger charge is 2.21. The van der Waals surface area contributed by atoms with Gasteiger partial charge in [0.05, 0.1) is 5.75 Å². The number of rotatable bonds is 4. The van der Waals surface area contributed by atoms with Crippen LogP contribution < -0.4 is 10.0 Å². The van der Waals surface area contributed by atoms with E-state index in [1.54, 1.807) is 24.5 Å². The Hall–Kier alpha value is -0.980. The molecule has 0 spiro atoms. The van der Waals surface area contributed by atoms with Crippen molar-refractivity contribution < 1.29 is 8.42 Å². The van der Waals surface area contributed by atoms with Crippen molar-refractivity contribution in [3.8, 4) is 0 Å². The maximum absolute atomic E-state index is 11.8. The molecule has 2 N–H and O–H groups in total. The molecule has 6 heteroatoms. The lowest BCUT2D eigenvalue weighted by Gasteiger charge is -2.11. The molecule has 1 aliphatic heterocycles. The van der Waals surface area contributed by atoms with E-state index in [0.717, 1.165) is 13.0 Å². The topological polar surface area (TPSA) is 71.1 Å². The lowest BCUT2D eigenvalue weighted by molar-refractivity contribution is 0.559. The molecule has 5 nitrogen and oxygen atoms in total. The third kappa shape index (κ3) is 3.26. The first kappa shape index (κ1) is 11.5. The largest absolute Gasteiger partial charge is 0.315 e. The fourth-order valence-electron chi connectivity index (χ4n) is 1.75. The summed E-state index contributed by atoms with van der Waals surface area (Å²) in [7, 11) is -3.25. The van der Waals surface area contributed by atoms with Gasteiger partial charge in [0.25, 0.3) is 0 Å². The zero-order valence-electron chi connectivity index (χ0n) is 8.89. The molecule has 0 bridgehead atoms. The molecule has 1 aromatic heterocycles. The molecule has 0 saturated carbocycles. The molecule has 0 radical (unpaired) electrons. The van der Waals surface area contributed by atoms with E-state index in [1.807, 2.05) is 0 Å². The molecule has 1 atom stereocenters. The third-order valence-corrected chi connectivity index (χ3v) is 3.89. The second-order valence-corrected chi connectivity index (χ2v) is 5.68. The number of hydrogen-bond acceptors (Lipinski definition) is 4. The van der Waals surface area contributed by atoms with Gasteiger partial charge < -0.3 is 5.32 Å². The molecule has 1 fully saturated rings. The summed E-state index contributed by atoms with van der Waals surface area (Å²) < 4.78 is 26.3. The SMILES string of the molecule is O=S(=O)(Cc1cccnc1)N[C@@H]1CCNC1. The van der Waals surface area contributed by atoms with Crippen molar-refractivity contribution in [2.45, 2.75) is 18.2 Å². The molecule has 16 heavy (non-hydrogen) atoms. The van der Waals surface area contributed by atoms with E-state index in [0.29, 0.717) is 12.1 Å². The first-order chi connectivity index (χ1) is 7.66. The van der Waals surface area contributed by atoms with Crippen LogP contribution in [0, 0.1) is 0 Å². The molecule has 0 amide bonds. The summed E-state index contributed by atoms with van der Waals surface area (Å²) in [6.07, 6.45) is 4.06. The van der Waals surface area contributed by atoms with Crippen LogP contribution in [-0.2, 0) is 15.8 Å². The number of hydrogen-bond donors (Lipinski definition) is 2. The summed E-state index contributed by atoms with van der Waals surface area (Å²) in [5.41, 5.74) is 0.709. The van der Waals surface area contributed by atoms with E-state index >= 15 is 0 Å². The zero-order valence-corrected chi connectivity index (χ0v) is 9.70. The molecule has 1 aliphatic rings. The molecule has 2 rings (SSSR count). The molecule has 2 heterocycles. The monoisotopic (exact) mass is 241 g/mol. The Bertz CT molecular complexity index is 427. The number of aromatic nitrogens is 1. The van der Waals surface area contributed by atoms with Crippen LogP contribution in [0.1, 0.15) is 12.0 Å². The van der Waals surface area contributed by atoms with E-state index in [-0.39, 0.29) is 11.8 Å². The molecular formula is C10H15N3O2S. The van der Waals surface area contributed by atoms with Crippen LogP contribution in [0.15, 0.2) is 24.5 Å². The van der Waals surface area contributed by atoms with E-state index < -0.39 is 10.0 Å². The maximum atomic E-state index is 11.8. The Balaban J connectivity index is 1.97. The highest BCUT2D eigenvalue weighted by atomic mass is 32.2. The van der Waals surface area contributed by atoms with Crippen molar-refractivity contribution in [2.75, 3.05) is 13.1 Å². The highest BCUT2D eigenvalue weighted by molar-refractivity contribution is 7.88. The predicted octanol–water partition coefficient (Wildman–Crippen LogP) is -0.137. The van der Waals surface area contributed by atoms with Crippen LogP contribution in [0.3, 0.4) is 0 Å². The number of nitrogens with one attached hydrogen (secondary N) is 2. The van der Waals surface area contributed by atoms with Crippen LogP contribution in [0.2, 0.25) is 0 Å². The van der Waals surface area contributed by atoms with Gasteiger partial charge in [-0.25, -0.2) is 13.1 Å². The lowest BCUT2D eigenvalue weighted by atomic mass is 10.3. The van der Waals surface area contributed by atoms with Crippen LogP contribution in [0.5, 0.6) is 0 Å². The van der Waals surface area contributed by atoms with Gasteiger partial charge in [-0.2, -0.15) is 0 Å². The van der Waals surface area contributed by atoms with Crippen molar-refractivity contribution in [1.29, 1.82) is 0 Å². The fraction of sp³-hybridized carbons (Fsp3) is 0.500. The molecule has 1 aromatic rings. The van der Waals surface area contributed by atoms with Gasteiger partial charge in [0.2, 0.25) is 10.0 Å². The smallest absolute Gasteiger partial charge is 0.216 e. The first-order valence-corrected chi connectivity index (χ1v) is 6.90. The second-order valence-electron chi connectivity index (χ2n) is 3.93. The van der Waals surface area contributed by atoms with Gasteiger partial charge >= 0.3 is 0 Å². The maximum Gasteiger partial charge on any atom is 0.216 e. The molecular weight excluding hydrogens is 226 g/mol. The van der Waals surface area contributed by atoms with Gasteiger partial charge in [-0.1, -0.05) is 6.07 Å². The van der Waals surface area contributed by atoms with E-state index in [2.05, 4.69) is 15.0 Å². The minimum Gasteiger partial charge on any atom is -0.315 e.